The summed E-state index contributed by atoms with van der Waals surface area (Å²) in [4.78, 5) is 12.7. The van der Waals surface area contributed by atoms with Crippen molar-refractivity contribution in [3.05, 3.63) is 100.0 Å². The second-order valence-corrected chi connectivity index (χ2v) is 7.64. The standard InChI is InChI=1S/C23H22ClN5O/c1-16-12-17(2)29(26-16)14-18-6-5-8-19(13-18)23(30)25-22-10-11-28(27-22)15-20-7-3-4-9-21(20)24/h3-13H,14-15H2,1-2H3,(H,25,27,30). The number of rotatable bonds is 6. The highest BCUT2D eigenvalue weighted by Crippen LogP contribution is 2.17. The molecule has 0 aliphatic heterocycles. The molecule has 30 heavy (non-hydrogen) atoms. The van der Waals surface area contributed by atoms with E-state index in [1.165, 1.54) is 0 Å². The molecule has 0 spiro atoms. The number of aryl methyl sites for hydroxylation is 2. The monoisotopic (exact) mass is 419 g/mol. The van der Waals surface area contributed by atoms with Crippen LogP contribution in [0.3, 0.4) is 0 Å². The molecule has 152 valence electrons. The van der Waals surface area contributed by atoms with Gasteiger partial charge in [0.25, 0.3) is 5.91 Å². The van der Waals surface area contributed by atoms with E-state index in [1.807, 2.05) is 73.3 Å². The molecule has 4 rings (SSSR count). The normalized spacial score (nSPS) is 10.9. The maximum Gasteiger partial charge on any atom is 0.256 e. The Morgan fingerprint density at radius 1 is 1.00 bits per heavy atom. The van der Waals surface area contributed by atoms with Crippen LogP contribution in [0.15, 0.2) is 66.9 Å². The van der Waals surface area contributed by atoms with Crippen molar-refractivity contribution in [3.63, 3.8) is 0 Å². The van der Waals surface area contributed by atoms with Gasteiger partial charge in [-0.2, -0.15) is 10.2 Å². The first kappa shape index (κ1) is 19.9. The van der Waals surface area contributed by atoms with Crippen molar-refractivity contribution in [1.82, 2.24) is 19.6 Å². The summed E-state index contributed by atoms with van der Waals surface area (Å²) in [5.41, 5.74) is 4.63. The van der Waals surface area contributed by atoms with Crippen LogP contribution < -0.4 is 5.32 Å². The first-order chi connectivity index (χ1) is 14.5. The molecule has 2 aromatic heterocycles. The minimum atomic E-state index is -0.201. The van der Waals surface area contributed by atoms with Crippen molar-refractivity contribution < 1.29 is 4.79 Å². The smallest absolute Gasteiger partial charge is 0.256 e. The Bertz CT molecular complexity index is 1190. The summed E-state index contributed by atoms with van der Waals surface area (Å²) in [7, 11) is 0. The molecule has 0 aliphatic rings. The average Bonchev–Trinajstić information content (AvgIpc) is 3.29. The average molecular weight is 420 g/mol. The lowest BCUT2D eigenvalue weighted by Gasteiger charge is -2.07. The fraction of sp³-hybridized carbons (Fsp3) is 0.174. The van der Waals surface area contributed by atoms with Crippen LogP contribution in [0.5, 0.6) is 0 Å². The van der Waals surface area contributed by atoms with Gasteiger partial charge >= 0.3 is 0 Å². The van der Waals surface area contributed by atoms with Gasteiger partial charge in [-0.25, -0.2) is 0 Å². The van der Waals surface area contributed by atoms with Crippen LogP contribution in [0, 0.1) is 13.8 Å². The maximum absolute atomic E-state index is 12.7. The van der Waals surface area contributed by atoms with Crippen LogP contribution in [-0.4, -0.2) is 25.5 Å². The molecule has 0 radical (unpaired) electrons. The van der Waals surface area contributed by atoms with Gasteiger partial charge in [-0.1, -0.05) is 41.9 Å². The number of amides is 1. The highest BCUT2D eigenvalue weighted by atomic mass is 35.5. The van der Waals surface area contributed by atoms with E-state index < -0.39 is 0 Å². The molecule has 1 amide bonds. The van der Waals surface area contributed by atoms with Gasteiger partial charge in [-0.05, 0) is 49.2 Å². The van der Waals surface area contributed by atoms with Gasteiger partial charge in [-0.15, -0.1) is 0 Å². The molecule has 2 aromatic carbocycles. The lowest BCUT2D eigenvalue weighted by Crippen LogP contribution is -2.13. The van der Waals surface area contributed by atoms with Crippen LogP contribution in [0.25, 0.3) is 0 Å². The zero-order valence-corrected chi connectivity index (χ0v) is 17.6. The van der Waals surface area contributed by atoms with Crippen LogP contribution in [0.2, 0.25) is 5.02 Å². The minimum Gasteiger partial charge on any atom is -0.305 e. The van der Waals surface area contributed by atoms with Crippen LogP contribution in [-0.2, 0) is 13.1 Å². The number of aromatic nitrogens is 4. The third-order valence-electron chi connectivity index (χ3n) is 4.80. The molecule has 0 atom stereocenters. The van der Waals surface area contributed by atoms with Gasteiger partial charge in [0.15, 0.2) is 5.82 Å². The zero-order chi connectivity index (χ0) is 21.1. The fourth-order valence-corrected chi connectivity index (χ4v) is 3.52. The number of nitrogens with zero attached hydrogens (tertiary/aromatic N) is 4. The summed E-state index contributed by atoms with van der Waals surface area (Å²) in [5, 5.41) is 12.5. The quantitative estimate of drug-likeness (QED) is 0.492. The highest BCUT2D eigenvalue weighted by Gasteiger charge is 2.10. The molecule has 1 N–H and O–H groups in total. The van der Waals surface area contributed by atoms with E-state index >= 15 is 0 Å². The SMILES string of the molecule is Cc1cc(C)n(Cc2cccc(C(=O)Nc3ccn(Cc4ccccc4Cl)n3)c2)n1. The van der Waals surface area contributed by atoms with E-state index in [1.54, 1.807) is 16.8 Å². The second-order valence-electron chi connectivity index (χ2n) is 7.23. The summed E-state index contributed by atoms with van der Waals surface area (Å²) >= 11 is 6.21. The largest absolute Gasteiger partial charge is 0.305 e. The molecule has 0 bridgehead atoms. The Hall–Kier alpha value is -3.38. The predicted octanol–water partition coefficient (Wildman–Crippen LogP) is 4.70. The predicted molar refractivity (Wildman–Crippen MR) is 118 cm³/mol. The summed E-state index contributed by atoms with van der Waals surface area (Å²) in [6.07, 6.45) is 1.82. The number of hydrogen-bond acceptors (Lipinski definition) is 3. The number of anilines is 1. The van der Waals surface area contributed by atoms with Gasteiger partial charge in [0.05, 0.1) is 18.8 Å². The molecule has 2 heterocycles. The molecule has 0 fully saturated rings. The summed E-state index contributed by atoms with van der Waals surface area (Å²) in [6, 6.07) is 19.0. The first-order valence-corrected chi connectivity index (χ1v) is 10.0. The topological polar surface area (TPSA) is 64.7 Å². The van der Waals surface area contributed by atoms with Gasteiger partial charge in [0.1, 0.15) is 0 Å². The molecule has 4 aromatic rings. The Balaban J connectivity index is 1.44. The molecule has 0 aliphatic carbocycles. The maximum atomic E-state index is 12.7. The number of hydrogen-bond donors (Lipinski definition) is 1. The lowest BCUT2D eigenvalue weighted by molar-refractivity contribution is 0.102. The number of benzene rings is 2. The van der Waals surface area contributed by atoms with Crippen LogP contribution in [0.4, 0.5) is 5.82 Å². The molecule has 0 saturated heterocycles. The lowest BCUT2D eigenvalue weighted by atomic mass is 10.1. The Kier molecular flexibility index (Phi) is 5.68. The Labute approximate surface area is 180 Å². The number of nitrogens with one attached hydrogen (secondary N) is 1. The molecular weight excluding hydrogens is 398 g/mol. The summed E-state index contributed by atoms with van der Waals surface area (Å²) in [5.74, 6) is 0.296. The summed E-state index contributed by atoms with van der Waals surface area (Å²) < 4.78 is 3.68. The number of carbonyl (C=O) groups excluding carboxylic acids is 1. The van der Waals surface area contributed by atoms with Crippen molar-refractivity contribution in [2.45, 2.75) is 26.9 Å². The van der Waals surface area contributed by atoms with Crippen molar-refractivity contribution in [1.29, 1.82) is 0 Å². The molecule has 7 heteroatoms. The van der Waals surface area contributed by atoms with Crippen LogP contribution in [0.1, 0.15) is 32.9 Å². The third kappa shape index (κ3) is 4.60. The second kappa shape index (κ2) is 8.55. The van der Waals surface area contributed by atoms with E-state index in [4.69, 9.17) is 11.6 Å². The van der Waals surface area contributed by atoms with E-state index in [9.17, 15) is 4.79 Å². The first-order valence-electron chi connectivity index (χ1n) is 9.66. The van der Waals surface area contributed by atoms with E-state index in [0.717, 1.165) is 22.5 Å². The van der Waals surface area contributed by atoms with E-state index in [2.05, 4.69) is 15.5 Å². The zero-order valence-electron chi connectivity index (χ0n) is 16.8. The molecule has 0 unspecified atom stereocenters. The molecule has 0 saturated carbocycles. The van der Waals surface area contributed by atoms with Gasteiger partial charge in [0, 0.05) is 28.5 Å². The highest BCUT2D eigenvalue weighted by molar-refractivity contribution is 6.31. The van der Waals surface area contributed by atoms with Gasteiger partial charge < -0.3 is 5.32 Å². The Morgan fingerprint density at radius 2 is 1.83 bits per heavy atom. The van der Waals surface area contributed by atoms with Crippen molar-refractivity contribution in [3.8, 4) is 0 Å². The summed E-state index contributed by atoms with van der Waals surface area (Å²) in [6.45, 7) is 5.15. The van der Waals surface area contributed by atoms with Crippen molar-refractivity contribution in [2.75, 3.05) is 5.32 Å². The van der Waals surface area contributed by atoms with E-state index in [-0.39, 0.29) is 5.91 Å². The number of halogens is 1. The van der Waals surface area contributed by atoms with Crippen LogP contribution >= 0.6 is 11.6 Å². The van der Waals surface area contributed by atoms with Crippen molar-refractivity contribution >= 4 is 23.3 Å². The van der Waals surface area contributed by atoms with Gasteiger partial charge in [-0.3, -0.25) is 14.2 Å². The molecular formula is C23H22ClN5O. The minimum absolute atomic E-state index is 0.201. The fourth-order valence-electron chi connectivity index (χ4n) is 3.32. The van der Waals surface area contributed by atoms with E-state index in [0.29, 0.717) is 29.5 Å². The third-order valence-corrected chi connectivity index (χ3v) is 5.17. The van der Waals surface area contributed by atoms with Crippen molar-refractivity contribution in [2.24, 2.45) is 0 Å². The Morgan fingerprint density at radius 3 is 2.60 bits per heavy atom. The molecule has 6 nitrogen and oxygen atoms in total. The van der Waals surface area contributed by atoms with Gasteiger partial charge in [0.2, 0.25) is 0 Å². The number of carbonyl (C=O) groups is 1.